The predicted molar refractivity (Wildman–Crippen MR) is 119 cm³/mol. The summed E-state index contributed by atoms with van der Waals surface area (Å²) in [4.78, 5) is 17.4. The average Bonchev–Trinajstić information content (AvgIpc) is 3.35. The van der Waals surface area contributed by atoms with Crippen LogP contribution in [-0.2, 0) is 27.8 Å². The van der Waals surface area contributed by atoms with E-state index in [4.69, 9.17) is 4.98 Å². The van der Waals surface area contributed by atoms with Gasteiger partial charge in [-0.05, 0) is 57.7 Å². The first-order valence-corrected chi connectivity index (χ1v) is 12.4. The maximum Gasteiger partial charge on any atom is 0.243 e. The lowest BCUT2D eigenvalue weighted by Crippen LogP contribution is -2.42. The van der Waals surface area contributed by atoms with E-state index in [2.05, 4.69) is 23.7 Å². The van der Waals surface area contributed by atoms with Gasteiger partial charge in [0.25, 0.3) is 0 Å². The van der Waals surface area contributed by atoms with E-state index in [0.717, 1.165) is 43.6 Å². The number of benzene rings is 1. The third kappa shape index (κ3) is 4.86. The molecule has 1 amide bonds. The summed E-state index contributed by atoms with van der Waals surface area (Å²) in [5.74, 6) is 0.835. The Balaban J connectivity index is 1.86. The van der Waals surface area contributed by atoms with Crippen molar-refractivity contribution in [3.63, 3.8) is 0 Å². The van der Waals surface area contributed by atoms with Gasteiger partial charge in [0.2, 0.25) is 15.9 Å². The predicted octanol–water partition coefficient (Wildman–Crippen LogP) is 3.47. The monoisotopic (exact) mass is 434 g/mol. The molecule has 8 heteroatoms. The second kappa shape index (κ2) is 9.06. The largest absolute Gasteiger partial charge is 0.351 e. The molecule has 7 nitrogen and oxygen atoms in total. The molecule has 2 aromatic rings. The van der Waals surface area contributed by atoms with E-state index in [0.29, 0.717) is 36.3 Å². The van der Waals surface area contributed by atoms with E-state index >= 15 is 0 Å². The average molecular weight is 435 g/mol. The number of aryl methyl sites for hydroxylation is 2. The molecule has 1 aliphatic heterocycles. The summed E-state index contributed by atoms with van der Waals surface area (Å²) in [6.07, 6.45) is 4.49. The van der Waals surface area contributed by atoms with Crippen molar-refractivity contribution in [2.45, 2.75) is 83.2 Å². The zero-order valence-corrected chi connectivity index (χ0v) is 19.4. The molecule has 0 aliphatic carbocycles. The standard InChI is InChI=1S/C22H34N4O3S/c1-5-13-26-19-10-9-17(30(28,29)25-14-7-8-15-25)16-18(19)23-20(26)11-12-21(27)24-22(3,4)6-2/h9-10,16H,5-8,11-15H2,1-4H3,(H,24,27). The van der Waals surface area contributed by atoms with Crippen LogP contribution >= 0.6 is 0 Å². The number of hydrogen-bond donors (Lipinski definition) is 1. The van der Waals surface area contributed by atoms with Crippen LogP contribution in [0.4, 0.5) is 0 Å². The summed E-state index contributed by atoms with van der Waals surface area (Å²) in [5, 5.41) is 3.06. The molecule has 2 heterocycles. The molecule has 0 atom stereocenters. The van der Waals surface area contributed by atoms with Crippen molar-refractivity contribution in [2.75, 3.05) is 13.1 Å². The lowest BCUT2D eigenvalue weighted by molar-refractivity contribution is -0.122. The number of hydrogen-bond acceptors (Lipinski definition) is 4. The molecule has 30 heavy (non-hydrogen) atoms. The first-order valence-electron chi connectivity index (χ1n) is 11.0. The van der Waals surface area contributed by atoms with Gasteiger partial charge in [0.15, 0.2) is 0 Å². The molecule has 0 saturated carbocycles. The highest BCUT2D eigenvalue weighted by molar-refractivity contribution is 7.89. The molecule has 166 valence electrons. The first kappa shape index (κ1) is 22.7. The molecule has 1 aliphatic rings. The number of carbonyl (C=O) groups is 1. The van der Waals surface area contributed by atoms with E-state index in [1.807, 2.05) is 19.9 Å². The molecule has 0 spiro atoms. The number of nitrogens with one attached hydrogen (secondary N) is 1. The van der Waals surface area contributed by atoms with Gasteiger partial charge in [-0.2, -0.15) is 4.31 Å². The van der Waals surface area contributed by atoms with Gasteiger partial charge >= 0.3 is 0 Å². The van der Waals surface area contributed by atoms with Crippen molar-refractivity contribution in [3.05, 3.63) is 24.0 Å². The number of fused-ring (bicyclic) bond motifs is 1. The van der Waals surface area contributed by atoms with Crippen molar-refractivity contribution in [2.24, 2.45) is 0 Å². The maximum absolute atomic E-state index is 12.9. The number of sulfonamides is 1. The van der Waals surface area contributed by atoms with Gasteiger partial charge in [0, 0.05) is 38.0 Å². The fourth-order valence-electron chi connectivity index (χ4n) is 3.82. The molecule has 1 N–H and O–H groups in total. The molecule has 0 unspecified atom stereocenters. The van der Waals surface area contributed by atoms with Crippen LogP contribution in [0.3, 0.4) is 0 Å². The number of amides is 1. The van der Waals surface area contributed by atoms with Crippen LogP contribution < -0.4 is 5.32 Å². The van der Waals surface area contributed by atoms with Gasteiger partial charge in [0.05, 0.1) is 15.9 Å². The van der Waals surface area contributed by atoms with E-state index in [9.17, 15) is 13.2 Å². The molecule has 1 aromatic heterocycles. The summed E-state index contributed by atoms with van der Waals surface area (Å²) < 4.78 is 29.5. The Hall–Kier alpha value is -1.93. The molecule has 1 saturated heterocycles. The van der Waals surface area contributed by atoms with Crippen LogP contribution in [0, 0.1) is 0 Å². The quantitative estimate of drug-likeness (QED) is 0.655. The minimum Gasteiger partial charge on any atom is -0.351 e. The van der Waals surface area contributed by atoms with E-state index in [1.165, 1.54) is 0 Å². The zero-order valence-electron chi connectivity index (χ0n) is 18.6. The second-order valence-electron chi connectivity index (χ2n) is 8.73. The summed E-state index contributed by atoms with van der Waals surface area (Å²) in [5.41, 5.74) is 1.37. The summed E-state index contributed by atoms with van der Waals surface area (Å²) in [6, 6.07) is 5.22. The fraction of sp³-hybridized carbons (Fsp3) is 0.636. The summed E-state index contributed by atoms with van der Waals surface area (Å²) >= 11 is 0. The smallest absolute Gasteiger partial charge is 0.243 e. The topological polar surface area (TPSA) is 84.3 Å². The van der Waals surface area contributed by atoms with Crippen molar-refractivity contribution in [1.29, 1.82) is 0 Å². The molecule has 0 radical (unpaired) electrons. The Morgan fingerprint density at radius 2 is 1.90 bits per heavy atom. The normalized spacial score (nSPS) is 15.7. The first-order chi connectivity index (χ1) is 14.2. The van der Waals surface area contributed by atoms with Gasteiger partial charge in [0.1, 0.15) is 5.82 Å². The Bertz CT molecular complexity index is 1000. The Morgan fingerprint density at radius 1 is 1.20 bits per heavy atom. The lowest BCUT2D eigenvalue weighted by atomic mass is 10.0. The molecule has 0 bridgehead atoms. The van der Waals surface area contributed by atoms with Crippen molar-refractivity contribution >= 4 is 27.0 Å². The highest BCUT2D eigenvalue weighted by Crippen LogP contribution is 2.26. The minimum absolute atomic E-state index is 0.00857. The van der Waals surface area contributed by atoms with Crippen molar-refractivity contribution in [3.8, 4) is 0 Å². The van der Waals surface area contributed by atoms with Gasteiger partial charge in [-0.1, -0.05) is 13.8 Å². The van der Waals surface area contributed by atoms with Crippen LogP contribution in [0.15, 0.2) is 23.1 Å². The molecule has 1 aromatic carbocycles. The summed E-state index contributed by atoms with van der Waals surface area (Å²) in [6.45, 7) is 10.1. The maximum atomic E-state index is 12.9. The third-order valence-electron chi connectivity index (χ3n) is 5.89. The Kier molecular flexibility index (Phi) is 6.87. The van der Waals surface area contributed by atoms with Gasteiger partial charge in [-0.15, -0.1) is 0 Å². The number of aromatic nitrogens is 2. The van der Waals surface area contributed by atoms with Gasteiger partial charge in [-0.25, -0.2) is 13.4 Å². The summed E-state index contributed by atoms with van der Waals surface area (Å²) in [7, 11) is -3.48. The second-order valence-corrected chi connectivity index (χ2v) is 10.7. The highest BCUT2D eigenvalue weighted by Gasteiger charge is 2.28. The van der Waals surface area contributed by atoms with Crippen LogP contribution in [0.5, 0.6) is 0 Å². The molecular formula is C22H34N4O3S. The molecule has 1 fully saturated rings. The number of rotatable bonds is 9. The zero-order chi connectivity index (χ0) is 21.9. The van der Waals surface area contributed by atoms with Crippen LogP contribution in [0.1, 0.15) is 65.6 Å². The van der Waals surface area contributed by atoms with Crippen LogP contribution in [0.2, 0.25) is 0 Å². The van der Waals surface area contributed by atoms with Gasteiger partial charge in [-0.3, -0.25) is 4.79 Å². The highest BCUT2D eigenvalue weighted by atomic mass is 32.2. The minimum atomic E-state index is -3.48. The van der Waals surface area contributed by atoms with Crippen molar-refractivity contribution in [1.82, 2.24) is 19.2 Å². The van der Waals surface area contributed by atoms with Gasteiger partial charge < -0.3 is 9.88 Å². The number of imidazole rings is 1. The van der Waals surface area contributed by atoms with E-state index in [1.54, 1.807) is 16.4 Å². The Morgan fingerprint density at radius 3 is 2.53 bits per heavy atom. The van der Waals surface area contributed by atoms with Crippen molar-refractivity contribution < 1.29 is 13.2 Å². The molecule has 3 rings (SSSR count). The van der Waals surface area contributed by atoms with Crippen LogP contribution in [-0.4, -0.2) is 46.8 Å². The van der Waals surface area contributed by atoms with Crippen LogP contribution in [0.25, 0.3) is 11.0 Å². The Labute approximate surface area is 179 Å². The fourth-order valence-corrected chi connectivity index (χ4v) is 5.35. The number of nitrogens with zero attached hydrogens (tertiary/aromatic N) is 3. The lowest BCUT2D eigenvalue weighted by Gasteiger charge is -2.24. The number of carbonyl (C=O) groups excluding carboxylic acids is 1. The third-order valence-corrected chi connectivity index (χ3v) is 7.78. The molecular weight excluding hydrogens is 400 g/mol. The SMILES string of the molecule is CCCn1c(CCC(=O)NC(C)(C)CC)nc2cc(S(=O)(=O)N3CCCC3)ccc21. The van der Waals surface area contributed by atoms with E-state index in [-0.39, 0.29) is 11.4 Å². The van der Waals surface area contributed by atoms with E-state index < -0.39 is 10.0 Å².